The fourth-order valence-electron chi connectivity index (χ4n) is 2.61. The number of thioether (sulfide) groups is 1. The van der Waals surface area contributed by atoms with E-state index in [1.54, 1.807) is 7.11 Å². The van der Waals surface area contributed by atoms with Gasteiger partial charge in [-0.2, -0.15) is 0 Å². The van der Waals surface area contributed by atoms with Gasteiger partial charge >= 0.3 is 0 Å². The number of carbonyl (C=O) groups is 1. The summed E-state index contributed by atoms with van der Waals surface area (Å²) in [5, 5.41) is 11.3. The summed E-state index contributed by atoms with van der Waals surface area (Å²) >= 11 is 1.27. The molecule has 0 aliphatic rings. The Labute approximate surface area is 168 Å². The van der Waals surface area contributed by atoms with Crippen molar-refractivity contribution >= 4 is 23.4 Å². The molecule has 0 unspecified atom stereocenters. The number of hydrogen-bond donors (Lipinski definition) is 2. The van der Waals surface area contributed by atoms with Crippen LogP contribution in [0.2, 0.25) is 0 Å². The Hall–Kier alpha value is -3.00. The highest BCUT2D eigenvalue weighted by Gasteiger charge is 2.19. The SMILES string of the molecule is COc1ccc(Cc2nnc(S[C@@H](C)C(=O)Nc3cccc(C)c3)n2N)cc1. The van der Waals surface area contributed by atoms with Gasteiger partial charge in [0.25, 0.3) is 0 Å². The molecule has 1 aromatic heterocycles. The number of nitrogens with zero attached hydrogens (tertiary/aromatic N) is 3. The molecule has 0 radical (unpaired) electrons. The second-order valence-electron chi connectivity index (χ2n) is 6.41. The molecule has 0 saturated heterocycles. The van der Waals surface area contributed by atoms with Crippen LogP contribution in [0.3, 0.4) is 0 Å². The summed E-state index contributed by atoms with van der Waals surface area (Å²) in [5.41, 5.74) is 2.90. The van der Waals surface area contributed by atoms with Gasteiger partial charge in [0, 0.05) is 12.1 Å². The Bertz CT molecular complexity index is 955. The molecule has 3 N–H and O–H groups in total. The zero-order valence-corrected chi connectivity index (χ0v) is 16.9. The highest BCUT2D eigenvalue weighted by Crippen LogP contribution is 2.23. The number of benzene rings is 2. The average Bonchev–Trinajstić information content (AvgIpc) is 3.02. The number of methoxy groups -OCH3 is 1. The van der Waals surface area contributed by atoms with Crippen LogP contribution in [0, 0.1) is 6.92 Å². The fourth-order valence-corrected chi connectivity index (χ4v) is 3.40. The Balaban J connectivity index is 1.63. The maximum atomic E-state index is 12.5. The molecule has 3 rings (SSSR count). The Morgan fingerprint density at radius 2 is 2.00 bits per heavy atom. The standard InChI is InChI=1S/C20H23N5O2S/c1-13-5-4-6-16(11-13)22-19(26)14(2)28-20-24-23-18(25(20)21)12-15-7-9-17(27-3)10-8-15/h4-11,14H,12,21H2,1-3H3,(H,22,26)/t14-/m0/s1. The first-order valence-corrected chi connectivity index (χ1v) is 9.70. The summed E-state index contributed by atoms with van der Waals surface area (Å²) in [6, 6.07) is 15.4. The van der Waals surface area contributed by atoms with Crippen molar-refractivity contribution in [1.29, 1.82) is 0 Å². The van der Waals surface area contributed by atoms with E-state index >= 15 is 0 Å². The molecular weight excluding hydrogens is 374 g/mol. The molecule has 2 aromatic carbocycles. The minimum Gasteiger partial charge on any atom is -0.497 e. The summed E-state index contributed by atoms with van der Waals surface area (Å²) in [7, 11) is 1.63. The smallest absolute Gasteiger partial charge is 0.237 e. The third kappa shape index (κ3) is 4.83. The van der Waals surface area contributed by atoms with Crippen LogP contribution in [-0.2, 0) is 11.2 Å². The highest BCUT2D eigenvalue weighted by molar-refractivity contribution is 8.00. The quantitative estimate of drug-likeness (QED) is 0.470. The third-order valence-electron chi connectivity index (χ3n) is 4.19. The lowest BCUT2D eigenvalue weighted by Gasteiger charge is -2.12. The normalized spacial score (nSPS) is 11.8. The molecule has 28 heavy (non-hydrogen) atoms. The van der Waals surface area contributed by atoms with Gasteiger partial charge in [-0.05, 0) is 49.2 Å². The number of carbonyl (C=O) groups excluding carboxylic acids is 1. The monoisotopic (exact) mass is 397 g/mol. The molecule has 0 aliphatic carbocycles. The van der Waals surface area contributed by atoms with Crippen LogP contribution < -0.4 is 15.9 Å². The van der Waals surface area contributed by atoms with E-state index in [2.05, 4.69) is 15.5 Å². The number of nitrogens with one attached hydrogen (secondary N) is 1. The number of nitrogen functional groups attached to an aromatic ring is 1. The summed E-state index contributed by atoms with van der Waals surface area (Å²) < 4.78 is 6.60. The molecule has 0 spiro atoms. The molecule has 3 aromatic rings. The van der Waals surface area contributed by atoms with Crippen molar-refractivity contribution in [2.45, 2.75) is 30.7 Å². The topological polar surface area (TPSA) is 95.1 Å². The number of aryl methyl sites for hydroxylation is 1. The van der Waals surface area contributed by atoms with Crippen molar-refractivity contribution in [3.05, 3.63) is 65.5 Å². The Morgan fingerprint density at radius 3 is 2.68 bits per heavy atom. The second kappa shape index (κ2) is 8.79. The van der Waals surface area contributed by atoms with Gasteiger partial charge in [-0.25, -0.2) is 4.68 Å². The Morgan fingerprint density at radius 1 is 1.25 bits per heavy atom. The van der Waals surface area contributed by atoms with Crippen molar-refractivity contribution in [3.63, 3.8) is 0 Å². The minimum atomic E-state index is -0.374. The van der Waals surface area contributed by atoms with E-state index in [4.69, 9.17) is 10.6 Å². The van der Waals surface area contributed by atoms with Crippen molar-refractivity contribution < 1.29 is 9.53 Å². The molecule has 0 fully saturated rings. The number of ether oxygens (including phenoxy) is 1. The van der Waals surface area contributed by atoms with Crippen LogP contribution >= 0.6 is 11.8 Å². The summed E-state index contributed by atoms with van der Waals surface area (Å²) in [5.74, 6) is 7.45. The molecule has 0 bridgehead atoms. The molecule has 0 saturated carbocycles. The first kappa shape index (κ1) is 19.8. The van der Waals surface area contributed by atoms with Gasteiger partial charge in [0.2, 0.25) is 11.1 Å². The molecular formula is C20H23N5O2S. The lowest BCUT2D eigenvalue weighted by molar-refractivity contribution is -0.115. The predicted molar refractivity (Wildman–Crippen MR) is 111 cm³/mol. The van der Waals surface area contributed by atoms with Crippen LogP contribution in [-0.4, -0.2) is 33.1 Å². The van der Waals surface area contributed by atoms with Gasteiger partial charge in [0.1, 0.15) is 5.75 Å². The summed E-state index contributed by atoms with van der Waals surface area (Å²) in [4.78, 5) is 12.5. The van der Waals surface area contributed by atoms with Gasteiger partial charge in [-0.3, -0.25) is 4.79 Å². The number of rotatable bonds is 7. The first-order chi connectivity index (χ1) is 13.5. The van der Waals surface area contributed by atoms with Gasteiger partial charge in [-0.1, -0.05) is 36.0 Å². The van der Waals surface area contributed by atoms with Gasteiger partial charge < -0.3 is 15.9 Å². The predicted octanol–water partition coefficient (Wildman–Crippen LogP) is 3.02. The van der Waals surface area contributed by atoms with Crippen molar-refractivity contribution in [3.8, 4) is 5.75 Å². The Kier molecular flexibility index (Phi) is 6.20. The zero-order valence-electron chi connectivity index (χ0n) is 16.0. The lowest BCUT2D eigenvalue weighted by Crippen LogP contribution is -2.24. The van der Waals surface area contributed by atoms with Crippen molar-refractivity contribution in [1.82, 2.24) is 14.9 Å². The second-order valence-corrected chi connectivity index (χ2v) is 7.72. The van der Waals surface area contributed by atoms with E-state index in [1.165, 1.54) is 16.4 Å². The lowest BCUT2D eigenvalue weighted by atomic mass is 10.1. The molecule has 1 atom stereocenters. The largest absolute Gasteiger partial charge is 0.497 e. The fraction of sp³-hybridized carbons (Fsp3) is 0.250. The van der Waals surface area contributed by atoms with Crippen LogP contribution in [0.5, 0.6) is 5.75 Å². The van der Waals surface area contributed by atoms with E-state index in [9.17, 15) is 4.79 Å². The van der Waals surface area contributed by atoms with Crippen LogP contribution in [0.1, 0.15) is 23.9 Å². The van der Waals surface area contributed by atoms with Crippen LogP contribution in [0.25, 0.3) is 0 Å². The van der Waals surface area contributed by atoms with E-state index in [0.717, 1.165) is 22.6 Å². The minimum absolute atomic E-state index is 0.115. The number of amides is 1. The molecule has 8 heteroatoms. The van der Waals surface area contributed by atoms with Crippen molar-refractivity contribution in [2.24, 2.45) is 0 Å². The van der Waals surface area contributed by atoms with E-state index < -0.39 is 0 Å². The first-order valence-electron chi connectivity index (χ1n) is 8.82. The molecule has 0 aliphatic heterocycles. The molecule has 1 amide bonds. The van der Waals surface area contributed by atoms with E-state index in [1.807, 2.05) is 62.4 Å². The maximum absolute atomic E-state index is 12.5. The van der Waals surface area contributed by atoms with E-state index in [-0.39, 0.29) is 11.2 Å². The number of nitrogens with two attached hydrogens (primary N) is 1. The number of aromatic nitrogens is 3. The van der Waals surface area contributed by atoms with Gasteiger partial charge in [0.15, 0.2) is 5.82 Å². The van der Waals surface area contributed by atoms with Gasteiger partial charge in [-0.15, -0.1) is 10.2 Å². The maximum Gasteiger partial charge on any atom is 0.237 e. The third-order valence-corrected chi connectivity index (χ3v) is 5.25. The summed E-state index contributed by atoms with van der Waals surface area (Å²) in [6.07, 6.45) is 0.540. The highest BCUT2D eigenvalue weighted by atomic mass is 32.2. The van der Waals surface area contributed by atoms with E-state index in [0.29, 0.717) is 17.4 Å². The van der Waals surface area contributed by atoms with Crippen LogP contribution in [0.15, 0.2) is 53.7 Å². The van der Waals surface area contributed by atoms with Crippen molar-refractivity contribution in [2.75, 3.05) is 18.3 Å². The van der Waals surface area contributed by atoms with Gasteiger partial charge in [0.05, 0.1) is 12.4 Å². The molecule has 1 heterocycles. The molecule has 146 valence electrons. The zero-order chi connectivity index (χ0) is 20.1. The average molecular weight is 398 g/mol. The number of anilines is 1. The van der Waals surface area contributed by atoms with Crippen LogP contribution in [0.4, 0.5) is 5.69 Å². The number of hydrogen-bond acceptors (Lipinski definition) is 6. The molecule has 7 nitrogen and oxygen atoms in total. The summed E-state index contributed by atoms with van der Waals surface area (Å²) in [6.45, 7) is 3.79.